The van der Waals surface area contributed by atoms with Crippen molar-refractivity contribution in [3.63, 3.8) is 0 Å². The Morgan fingerprint density at radius 3 is 2.74 bits per heavy atom. The molecule has 1 fully saturated rings. The Balaban J connectivity index is 1.22. The summed E-state index contributed by atoms with van der Waals surface area (Å²) in [6.45, 7) is 4.33. The van der Waals surface area contributed by atoms with Crippen molar-refractivity contribution in [2.24, 2.45) is 0 Å². The molecule has 0 amide bonds. The number of rotatable bonds is 9. The Labute approximate surface area is 248 Å². The van der Waals surface area contributed by atoms with Crippen LogP contribution < -0.4 is 4.74 Å². The zero-order chi connectivity index (χ0) is 29.3. The van der Waals surface area contributed by atoms with Gasteiger partial charge in [0.2, 0.25) is 0 Å². The maximum atomic E-state index is 14.6. The van der Waals surface area contributed by atoms with Crippen LogP contribution in [0.2, 0.25) is 0 Å². The lowest BCUT2D eigenvalue weighted by atomic mass is 10.1. The second kappa shape index (κ2) is 11.5. The Hall–Kier alpha value is -4.74. The van der Waals surface area contributed by atoms with Gasteiger partial charge in [0.15, 0.2) is 17.2 Å². The summed E-state index contributed by atoms with van der Waals surface area (Å²) >= 11 is 0. The largest absolute Gasteiger partial charge is 0.492 e. The van der Waals surface area contributed by atoms with Gasteiger partial charge in [-0.25, -0.2) is 19.3 Å². The summed E-state index contributed by atoms with van der Waals surface area (Å²) in [4.78, 5) is 26.5. The summed E-state index contributed by atoms with van der Waals surface area (Å²) in [6.07, 6.45) is 7.95. The smallest absolute Gasteiger partial charge is 0.178 e. The number of halogens is 1. The third-order valence-electron chi connectivity index (χ3n) is 7.71. The van der Waals surface area contributed by atoms with Crippen LogP contribution in [0.4, 0.5) is 4.39 Å². The topological polar surface area (TPSA) is 112 Å². The molecule has 7 rings (SSSR count). The molecule has 6 aromatic rings. The zero-order valence-electron chi connectivity index (χ0n) is 24.1. The maximum absolute atomic E-state index is 14.6. The van der Waals surface area contributed by atoms with Crippen molar-refractivity contribution < 1.29 is 9.13 Å². The van der Waals surface area contributed by atoms with E-state index in [4.69, 9.17) is 14.7 Å². The number of pyridine rings is 3. The van der Waals surface area contributed by atoms with Crippen LogP contribution in [-0.4, -0.2) is 85.3 Å². The van der Waals surface area contributed by atoms with Gasteiger partial charge in [0.25, 0.3) is 0 Å². The minimum Gasteiger partial charge on any atom is -0.492 e. The van der Waals surface area contributed by atoms with Gasteiger partial charge in [-0.2, -0.15) is 5.10 Å². The van der Waals surface area contributed by atoms with Crippen LogP contribution >= 0.6 is 0 Å². The maximum Gasteiger partial charge on any atom is 0.178 e. The average molecular weight is 578 g/mol. The van der Waals surface area contributed by atoms with Crippen molar-refractivity contribution in [2.75, 3.05) is 40.3 Å². The van der Waals surface area contributed by atoms with E-state index < -0.39 is 0 Å². The number of aromatic amines is 2. The first-order valence-corrected chi connectivity index (χ1v) is 14.5. The molecule has 0 spiro atoms. The van der Waals surface area contributed by atoms with Gasteiger partial charge >= 0.3 is 0 Å². The monoisotopic (exact) mass is 577 g/mol. The number of nitrogens with one attached hydrogen (secondary N) is 2. The van der Waals surface area contributed by atoms with Crippen molar-refractivity contribution in [3.8, 4) is 39.7 Å². The van der Waals surface area contributed by atoms with Gasteiger partial charge in [0, 0.05) is 48.9 Å². The van der Waals surface area contributed by atoms with Crippen LogP contribution in [-0.2, 0) is 6.54 Å². The molecule has 0 unspecified atom stereocenters. The zero-order valence-corrected chi connectivity index (χ0v) is 24.1. The molecule has 6 heterocycles. The number of likely N-dealkylation sites (N-methyl/N-ethyl adjacent to an activating group) is 1. The van der Waals surface area contributed by atoms with Gasteiger partial charge in [-0.1, -0.05) is 0 Å². The lowest BCUT2D eigenvalue weighted by Crippen LogP contribution is -2.19. The summed E-state index contributed by atoms with van der Waals surface area (Å²) in [5.74, 6) is 0.609. The number of aromatic nitrogens is 7. The molecule has 0 aliphatic carbocycles. The summed E-state index contributed by atoms with van der Waals surface area (Å²) in [6, 6.07) is 12.7. The van der Waals surface area contributed by atoms with Crippen LogP contribution in [0, 0.1) is 5.82 Å². The van der Waals surface area contributed by atoms with E-state index in [0.29, 0.717) is 46.1 Å². The molecule has 1 aromatic carbocycles. The standard InChI is InChI=1S/C32H32FN9O/c1-41(2)11-12-43-24-15-21(14-23(33)16-24)25-7-8-35-31-28(25)37-32(38-31)30-29-27(39-40-30)6-5-26(36-29)22-13-20(17-34-18-22)19-42-9-3-4-10-42/h5-8,13-18H,3-4,9-12,19H2,1-2H3,(H,39,40)(H,35,37,38). The SMILES string of the molecule is CN(C)CCOc1cc(F)cc(-c2ccnc3nc(-c4n[nH]c5ccc(-c6cncc(CN7CCCC7)c6)nc45)[nH]c23)c1. The van der Waals surface area contributed by atoms with Crippen molar-refractivity contribution in [1.82, 2.24) is 44.9 Å². The number of nitrogens with zero attached hydrogens (tertiary/aromatic N) is 7. The first-order valence-electron chi connectivity index (χ1n) is 14.5. The van der Waals surface area contributed by atoms with E-state index in [1.54, 1.807) is 6.20 Å². The third kappa shape index (κ3) is 5.69. The molecule has 0 atom stereocenters. The van der Waals surface area contributed by atoms with Crippen molar-refractivity contribution >= 4 is 22.2 Å². The lowest BCUT2D eigenvalue weighted by molar-refractivity contribution is 0.260. The number of H-pyrrole nitrogens is 2. The van der Waals surface area contributed by atoms with Crippen LogP contribution in [0.5, 0.6) is 5.75 Å². The van der Waals surface area contributed by atoms with Crippen LogP contribution in [0.1, 0.15) is 18.4 Å². The molecule has 10 nitrogen and oxygen atoms in total. The molecule has 5 aromatic heterocycles. The molecule has 11 heteroatoms. The fourth-order valence-corrected chi connectivity index (χ4v) is 5.55. The summed E-state index contributed by atoms with van der Waals surface area (Å²) in [5, 5.41) is 7.62. The molecular formula is C32H32FN9O. The number of imidazole rings is 1. The molecule has 218 valence electrons. The normalized spacial score (nSPS) is 14.0. The number of benzene rings is 1. The predicted molar refractivity (Wildman–Crippen MR) is 164 cm³/mol. The minimum atomic E-state index is -0.379. The van der Waals surface area contributed by atoms with Crippen molar-refractivity contribution in [2.45, 2.75) is 19.4 Å². The third-order valence-corrected chi connectivity index (χ3v) is 7.71. The molecular weight excluding hydrogens is 545 g/mol. The Morgan fingerprint density at radius 1 is 1.00 bits per heavy atom. The van der Waals surface area contributed by atoms with E-state index in [1.807, 2.05) is 55.7 Å². The Kier molecular flexibility index (Phi) is 7.25. The van der Waals surface area contributed by atoms with Gasteiger partial charge in [-0.05, 0) is 87.6 Å². The number of hydrogen-bond donors (Lipinski definition) is 2. The van der Waals surface area contributed by atoms with Gasteiger partial charge in [-0.3, -0.25) is 15.0 Å². The van der Waals surface area contributed by atoms with Gasteiger partial charge in [0.1, 0.15) is 23.7 Å². The lowest BCUT2D eigenvalue weighted by Gasteiger charge is -2.14. The number of ether oxygens (including phenoxy) is 1. The minimum absolute atomic E-state index is 0.379. The molecule has 1 saturated heterocycles. The van der Waals surface area contributed by atoms with E-state index >= 15 is 0 Å². The molecule has 2 N–H and O–H groups in total. The molecule has 1 aliphatic heterocycles. The van der Waals surface area contributed by atoms with E-state index in [1.165, 1.54) is 30.5 Å². The fourth-order valence-electron chi connectivity index (χ4n) is 5.55. The van der Waals surface area contributed by atoms with Gasteiger partial charge in [0.05, 0.1) is 16.7 Å². The average Bonchev–Trinajstić information content (AvgIpc) is 3.76. The summed E-state index contributed by atoms with van der Waals surface area (Å²) < 4.78 is 20.5. The first-order chi connectivity index (χ1) is 21.0. The highest BCUT2D eigenvalue weighted by Gasteiger charge is 2.19. The van der Waals surface area contributed by atoms with Gasteiger partial charge < -0.3 is 14.6 Å². The van der Waals surface area contributed by atoms with E-state index in [2.05, 4.69) is 36.1 Å². The quantitative estimate of drug-likeness (QED) is 0.238. The predicted octanol–water partition coefficient (Wildman–Crippen LogP) is 5.30. The van der Waals surface area contributed by atoms with Gasteiger partial charge in [-0.15, -0.1) is 0 Å². The van der Waals surface area contributed by atoms with Crippen molar-refractivity contribution in [3.05, 3.63) is 72.4 Å². The Bertz CT molecular complexity index is 1910. The first kappa shape index (κ1) is 27.1. The molecule has 1 aliphatic rings. The fraction of sp³-hybridized carbons (Fsp3) is 0.281. The molecule has 0 saturated carbocycles. The summed E-state index contributed by atoms with van der Waals surface area (Å²) in [7, 11) is 3.93. The van der Waals surface area contributed by atoms with Crippen LogP contribution in [0.15, 0.2) is 61.1 Å². The number of likely N-dealkylation sites (tertiary alicyclic amines) is 1. The summed E-state index contributed by atoms with van der Waals surface area (Å²) in [5.41, 5.74) is 7.58. The highest BCUT2D eigenvalue weighted by molar-refractivity contribution is 5.95. The molecule has 43 heavy (non-hydrogen) atoms. The Morgan fingerprint density at radius 2 is 1.88 bits per heavy atom. The highest BCUT2D eigenvalue weighted by Crippen LogP contribution is 2.33. The molecule has 0 radical (unpaired) electrons. The second-order valence-corrected chi connectivity index (χ2v) is 11.2. The number of fused-ring (bicyclic) bond motifs is 2. The second-order valence-electron chi connectivity index (χ2n) is 11.2. The van der Waals surface area contributed by atoms with E-state index in [0.717, 1.165) is 48.5 Å². The van der Waals surface area contributed by atoms with Crippen LogP contribution in [0.3, 0.4) is 0 Å². The van der Waals surface area contributed by atoms with E-state index in [9.17, 15) is 4.39 Å². The van der Waals surface area contributed by atoms with Crippen molar-refractivity contribution in [1.29, 1.82) is 0 Å². The highest BCUT2D eigenvalue weighted by atomic mass is 19.1. The number of hydrogen-bond acceptors (Lipinski definition) is 8. The van der Waals surface area contributed by atoms with E-state index in [-0.39, 0.29) is 5.82 Å². The van der Waals surface area contributed by atoms with Crippen LogP contribution in [0.25, 0.3) is 56.1 Å². The molecule has 0 bridgehead atoms.